The molecule has 0 aromatic carbocycles. The first-order chi connectivity index (χ1) is 8.99. The summed E-state index contributed by atoms with van der Waals surface area (Å²) in [6.07, 6.45) is 12.8. The van der Waals surface area contributed by atoms with Gasteiger partial charge in [-0.25, -0.2) is 0 Å². The third-order valence-electron chi connectivity index (χ3n) is 5.31. The Bertz CT molecular complexity index is 220. The second-order valence-electron chi connectivity index (χ2n) is 7.72. The van der Waals surface area contributed by atoms with Gasteiger partial charge < -0.3 is 5.32 Å². The molecule has 1 unspecified atom stereocenters. The maximum absolute atomic E-state index is 3.60. The molecule has 0 spiro atoms. The highest BCUT2D eigenvalue weighted by atomic mass is 14.9. The van der Waals surface area contributed by atoms with Gasteiger partial charge >= 0.3 is 0 Å². The fourth-order valence-corrected chi connectivity index (χ4v) is 3.79. The van der Waals surface area contributed by atoms with Gasteiger partial charge in [0.05, 0.1) is 0 Å². The van der Waals surface area contributed by atoms with Crippen LogP contribution in [0.3, 0.4) is 0 Å². The summed E-state index contributed by atoms with van der Waals surface area (Å²) < 4.78 is 0. The summed E-state index contributed by atoms with van der Waals surface area (Å²) in [6.45, 7) is 9.54. The van der Waals surface area contributed by atoms with Crippen LogP contribution in [0, 0.1) is 17.3 Å². The summed E-state index contributed by atoms with van der Waals surface area (Å²) in [5, 5.41) is 3.60. The van der Waals surface area contributed by atoms with Crippen LogP contribution >= 0.6 is 0 Å². The molecule has 1 aliphatic carbocycles. The molecule has 19 heavy (non-hydrogen) atoms. The first kappa shape index (κ1) is 17.0. The van der Waals surface area contributed by atoms with Gasteiger partial charge in [0, 0.05) is 6.04 Å². The van der Waals surface area contributed by atoms with Gasteiger partial charge in [-0.15, -0.1) is 0 Å². The maximum atomic E-state index is 3.60. The van der Waals surface area contributed by atoms with Crippen LogP contribution in [0.4, 0.5) is 0 Å². The molecule has 0 aliphatic heterocycles. The number of rotatable bonds is 7. The van der Waals surface area contributed by atoms with E-state index in [1.54, 1.807) is 0 Å². The van der Waals surface area contributed by atoms with Crippen LogP contribution in [0.1, 0.15) is 85.5 Å². The number of unbranched alkanes of at least 4 members (excludes halogenated alkanes) is 3. The Hall–Kier alpha value is -0.0400. The van der Waals surface area contributed by atoms with Crippen molar-refractivity contribution in [3.05, 3.63) is 0 Å². The molecule has 0 saturated heterocycles. The molecular formula is C18H37N. The Morgan fingerprint density at radius 1 is 1.00 bits per heavy atom. The Labute approximate surface area is 121 Å². The molecule has 0 aromatic rings. The predicted octanol–water partition coefficient (Wildman–Crippen LogP) is 5.40. The molecule has 1 atom stereocenters. The van der Waals surface area contributed by atoms with Gasteiger partial charge in [-0.2, -0.15) is 0 Å². The molecule has 1 fully saturated rings. The highest BCUT2D eigenvalue weighted by Gasteiger charge is 2.32. The van der Waals surface area contributed by atoms with Gasteiger partial charge in [0.15, 0.2) is 0 Å². The van der Waals surface area contributed by atoms with Gasteiger partial charge in [0.2, 0.25) is 0 Å². The number of nitrogens with one attached hydrogen (secondary N) is 1. The molecule has 1 heteroatoms. The molecule has 0 radical (unpaired) electrons. The van der Waals surface area contributed by atoms with Crippen LogP contribution < -0.4 is 5.32 Å². The minimum Gasteiger partial charge on any atom is -0.317 e. The van der Waals surface area contributed by atoms with Crippen molar-refractivity contribution in [2.75, 3.05) is 7.05 Å². The van der Waals surface area contributed by atoms with E-state index in [-0.39, 0.29) is 0 Å². The normalized spacial score (nSPS) is 26.4. The number of hydrogen-bond acceptors (Lipinski definition) is 1. The van der Waals surface area contributed by atoms with Crippen LogP contribution in [0.2, 0.25) is 0 Å². The highest BCUT2D eigenvalue weighted by Crippen LogP contribution is 2.41. The molecule has 0 amide bonds. The summed E-state index contributed by atoms with van der Waals surface area (Å²) in [4.78, 5) is 0. The van der Waals surface area contributed by atoms with Crippen LogP contribution in [0.5, 0.6) is 0 Å². The zero-order valence-electron chi connectivity index (χ0n) is 14.1. The lowest BCUT2D eigenvalue weighted by Crippen LogP contribution is -2.37. The average molecular weight is 268 g/mol. The zero-order valence-corrected chi connectivity index (χ0v) is 14.1. The first-order valence-corrected chi connectivity index (χ1v) is 8.66. The molecule has 0 heterocycles. The van der Waals surface area contributed by atoms with E-state index in [0.717, 1.165) is 17.9 Å². The second-order valence-corrected chi connectivity index (χ2v) is 7.72. The number of hydrogen-bond donors (Lipinski definition) is 1. The molecule has 114 valence electrons. The van der Waals surface area contributed by atoms with Gasteiger partial charge in [-0.1, -0.05) is 53.4 Å². The summed E-state index contributed by atoms with van der Waals surface area (Å²) in [5.74, 6) is 1.88. The molecule has 1 aliphatic rings. The van der Waals surface area contributed by atoms with E-state index in [1.165, 1.54) is 57.8 Å². The fourth-order valence-electron chi connectivity index (χ4n) is 3.79. The van der Waals surface area contributed by atoms with Crippen molar-refractivity contribution >= 4 is 0 Å². The van der Waals surface area contributed by atoms with Gasteiger partial charge in [-0.3, -0.25) is 0 Å². The first-order valence-electron chi connectivity index (χ1n) is 8.66. The SMILES string of the molecule is CCCCCCC(NC)C1CCC(C(C)(C)C)CC1. The van der Waals surface area contributed by atoms with Crippen molar-refractivity contribution in [2.24, 2.45) is 17.3 Å². The van der Waals surface area contributed by atoms with Crippen LogP contribution in [0.25, 0.3) is 0 Å². The monoisotopic (exact) mass is 267 g/mol. The van der Waals surface area contributed by atoms with Gasteiger partial charge in [-0.05, 0) is 56.4 Å². The maximum Gasteiger partial charge on any atom is 0.00923 e. The van der Waals surface area contributed by atoms with Crippen LogP contribution in [-0.4, -0.2) is 13.1 Å². The lowest BCUT2D eigenvalue weighted by Gasteiger charge is -2.39. The third-order valence-corrected chi connectivity index (χ3v) is 5.31. The molecule has 1 saturated carbocycles. The molecule has 0 bridgehead atoms. The van der Waals surface area contributed by atoms with E-state index in [4.69, 9.17) is 0 Å². The van der Waals surface area contributed by atoms with Crippen molar-refractivity contribution < 1.29 is 0 Å². The van der Waals surface area contributed by atoms with E-state index in [0.29, 0.717) is 5.41 Å². The quantitative estimate of drug-likeness (QED) is 0.609. The summed E-state index contributed by atoms with van der Waals surface area (Å²) in [7, 11) is 2.17. The Morgan fingerprint density at radius 3 is 2.11 bits per heavy atom. The largest absolute Gasteiger partial charge is 0.317 e. The van der Waals surface area contributed by atoms with Gasteiger partial charge in [0.25, 0.3) is 0 Å². The molecule has 1 N–H and O–H groups in total. The van der Waals surface area contributed by atoms with E-state index >= 15 is 0 Å². The molecular weight excluding hydrogens is 230 g/mol. The van der Waals surface area contributed by atoms with Crippen LogP contribution in [-0.2, 0) is 0 Å². The Morgan fingerprint density at radius 2 is 1.63 bits per heavy atom. The lowest BCUT2D eigenvalue weighted by atomic mass is 9.68. The van der Waals surface area contributed by atoms with E-state index in [1.807, 2.05) is 0 Å². The Kier molecular flexibility index (Phi) is 7.42. The highest BCUT2D eigenvalue weighted by molar-refractivity contribution is 4.85. The summed E-state index contributed by atoms with van der Waals surface area (Å²) >= 11 is 0. The lowest BCUT2D eigenvalue weighted by molar-refractivity contribution is 0.131. The van der Waals surface area contributed by atoms with Crippen molar-refractivity contribution in [2.45, 2.75) is 91.5 Å². The van der Waals surface area contributed by atoms with E-state index in [2.05, 4.69) is 40.1 Å². The fraction of sp³-hybridized carbons (Fsp3) is 1.00. The van der Waals surface area contributed by atoms with Crippen molar-refractivity contribution in [1.29, 1.82) is 0 Å². The van der Waals surface area contributed by atoms with Gasteiger partial charge in [0.1, 0.15) is 0 Å². The summed E-state index contributed by atoms with van der Waals surface area (Å²) in [6, 6.07) is 0.776. The zero-order chi connectivity index (χ0) is 14.3. The van der Waals surface area contributed by atoms with Crippen molar-refractivity contribution in [1.82, 2.24) is 5.32 Å². The third kappa shape index (κ3) is 5.85. The van der Waals surface area contributed by atoms with Crippen LogP contribution in [0.15, 0.2) is 0 Å². The second kappa shape index (κ2) is 8.29. The smallest absolute Gasteiger partial charge is 0.00923 e. The topological polar surface area (TPSA) is 12.0 Å². The van der Waals surface area contributed by atoms with Crippen molar-refractivity contribution in [3.63, 3.8) is 0 Å². The molecule has 1 nitrogen and oxygen atoms in total. The minimum atomic E-state index is 0.515. The Balaban J connectivity index is 2.31. The summed E-state index contributed by atoms with van der Waals surface area (Å²) in [5.41, 5.74) is 0.515. The minimum absolute atomic E-state index is 0.515. The van der Waals surface area contributed by atoms with E-state index < -0.39 is 0 Å². The standard InChI is InChI=1S/C18H37N/c1-6-7-8-9-10-17(19-5)15-11-13-16(14-12-15)18(2,3)4/h15-17,19H,6-14H2,1-5H3. The average Bonchev–Trinajstić information content (AvgIpc) is 2.38. The predicted molar refractivity (Wildman–Crippen MR) is 86.5 cm³/mol. The molecule has 0 aromatic heterocycles. The van der Waals surface area contributed by atoms with E-state index in [9.17, 15) is 0 Å². The molecule has 1 rings (SSSR count). The van der Waals surface area contributed by atoms with Crippen molar-refractivity contribution in [3.8, 4) is 0 Å².